The van der Waals surface area contributed by atoms with Crippen LogP contribution in [0.15, 0.2) is 22.7 Å². The van der Waals surface area contributed by atoms with Gasteiger partial charge in [0.1, 0.15) is 5.82 Å². The van der Waals surface area contributed by atoms with E-state index in [0.29, 0.717) is 5.41 Å². The maximum atomic E-state index is 13.5. The molecule has 3 rings (SSSR count). The van der Waals surface area contributed by atoms with Gasteiger partial charge in [-0.05, 0) is 66.7 Å². The van der Waals surface area contributed by atoms with Gasteiger partial charge in [-0.15, -0.1) is 0 Å². The molecule has 2 saturated carbocycles. The molecule has 0 aliphatic heterocycles. The zero-order chi connectivity index (χ0) is 12.8. The number of hydrogen-bond acceptors (Lipinski definition) is 0. The highest BCUT2D eigenvalue weighted by molar-refractivity contribution is 9.10. The number of rotatable bonds is 3. The molecule has 0 heterocycles. The Morgan fingerprint density at radius 2 is 2.11 bits per heavy atom. The molecule has 2 aliphatic rings. The molecule has 1 aromatic rings. The van der Waals surface area contributed by atoms with Gasteiger partial charge in [-0.2, -0.15) is 0 Å². The van der Waals surface area contributed by atoms with Crippen molar-refractivity contribution in [3.05, 3.63) is 34.1 Å². The lowest BCUT2D eigenvalue weighted by atomic mass is 9.71. The molecule has 1 aromatic carbocycles. The van der Waals surface area contributed by atoms with Crippen LogP contribution in [0.1, 0.15) is 31.2 Å². The van der Waals surface area contributed by atoms with Crippen molar-refractivity contribution in [2.45, 2.75) is 32.1 Å². The third-order valence-corrected chi connectivity index (χ3v) is 6.42. The van der Waals surface area contributed by atoms with Crippen LogP contribution in [-0.4, -0.2) is 5.33 Å². The van der Waals surface area contributed by atoms with Crippen molar-refractivity contribution in [3.8, 4) is 0 Å². The first-order chi connectivity index (χ1) is 8.61. The summed E-state index contributed by atoms with van der Waals surface area (Å²) < 4.78 is 14.3. The van der Waals surface area contributed by atoms with Crippen LogP contribution in [0, 0.1) is 23.1 Å². The molecular formula is C15H17Br2F. The van der Waals surface area contributed by atoms with Crippen molar-refractivity contribution in [3.63, 3.8) is 0 Å². The van der Waals surface area contributed by atoms with E-state index in [0.717, 1.165) is 33.6 Å². The summed E-state index contributed by atoms with van der Waals surface area (Å²) in [7, 11) is 0. The third kappa shape index (κ3) is 2.29. The van der Waals surface area contributed by atoms with Crippen LogP contribution in [0.4, 0.5) is 4.39 Å². The van der Waals surface area contributed by atoms with E-state index in [9.17, 15) is 4.39 Å². The van der Waals surface area contributed by atoms with E-state index in [-0.39, 0.29) is 5.82 Å². The summed E-state index contributed by atoms with van der Waals surface area (Å²) in [5.74, 6) is 1.63. The Labute approximate surface area is 125 Å². The van der Waals surface area contributed by atoms with Crippen molar-refractivity contribution in [2.24, 2.45) is 17.3 Å². The van der Waals surface area contributed by atoms with Gasteiger partial charge in [0, 0.05) is 9.80 Å². The first kappa shape index (κ1) is 13.1. The number of hydrogen-bond donors (Lipinski definition) is 0. The van der Waals surface area contributed by atoms with Gasteiger partial charge in [-0.25, -0.2) is 4.39 Å². The molecule has 0 nitrogen and oxygen atoms in total. The third-order valence-electron chi connectivity index (χ3n) is 4.85. The molecule has 0 aromatic heterocycles. The van der Waals surface area contributed by atoms with Gasteiger partial charge in [-0.1, -0.05) is 38.3 Å². The topological polar surface area (TPSA) is 0 Å². The van der Waals surface area contributed by atoms with Crippen LogP contribution in [0.5, 0.6) is 0 Å². The first-order valence-corrected chi connectivity index (χ1v) is 8.54. The molecule has 0 N–H and O–H groups in total. The van der Waals surface area contributed by atoms with Crippen LogP contribution in [0.25, 0.3) is 0 Å². The fourth-order valence-electron chi connectivity index (χ4n) is 4.11. The van der Waals surface area contributed by atoms with Crippen LogP contribution in [0.2, 0.25) is 0 Å². The number of fused-ring (bicyclic) bond motifs is 2. The summed E-state index contributed by atoms with van der Waals surface area (Å²) in [5, 5.41) is 1.05. The Morgan fingerprint density at radius 3 is 2.67 bits per heavy atom. The summed E-state index contributed by atoms with van der Waals surface area (Å²) in [6.07, 6.45) is 6.49. The number of alkyl halides is 1. The molecule has 2 bridgehead atoms. The van der Waals surface area contributed by atoms with E-state index in [4.69, 9.17) is 0 Å². The van der Waals surface area contributed by atoms with Gasteiger partial charge < -0.3 is 0 Å². The minimum Gasteiger partial charge on any atom is -0.207 e. The van der Waals surface area contributed by atoms with Gasteiger partial charge >= 0.3 is 0 Å². The highest BCUT2D eigenvalue weighted by atomic mass is 79.9. The molecular weight excluding hydrogens is 359 g/mol. The molecule has 0 radical (unpaired) electrons. The predicted molar refractivity (Wildman–Crippen MR) is 79.5 cm³/mol. The fourth-order valence-corrected chi connectivity index (χ4v) is 5.50. The lowest BCUT2D eigenvalue weighted by molar-refractivity contribution is 0.196. The Balaban J connectivity index is 1.86. The molecule has 2 aliphatic carbocycles. The lowest BCUT2D eigenvalue weighted by Crippen LogP contribution is -2.32. The Kier molecular flexibility index (Phi) is 3.57. The van der Waals surface area contributed by atoms with Gasteiger partial charge in [0.25, 0.3) is 0 Å². The maximum Gasteiger partial charge on any atom is 0.124 e. The highest BCUT2D eigenvalue weighted by Crippen LogP contribution is 2.58. The minimum absolute atomic E-state index is 0.132. The standard InChI is InChI=1S/C15H17Br2F/c16-9-15(7-10-1-2-12(15)3-10)8-11-4-13(17)6-14(18)5-11/h4-6,10,12H,1-3,7-9H2. The van der Waals surface area contributed by atoms with E-state index >= 15 is 0 Å². The van der Waals surface area contributed by atoms with Crippen LogP contribution < -0.4 is 0 Å². The van der Waals surface area contributed by atoms with Crippen molar-refractivity contribution in [1.82, 2.24) is 0 Å². The molecule has 18 heavy (non-hydrogen) atoms. The average molecular weight is 376 g/mol. The van der Waals surface area contributed by atoms with Crippen LogP contribution in [-0.2, 0) is 6.42 Å². The van der Waals surface area contributed by atoms with Crippen LogP contribution >= 0.6 is 31.9 Å². The highest BCUT2D eigenvalue weighted by Gasteiger charge is 2.49. The van der Waals surface area contributed by atoms with Gasteiger partial charge in [0.2, 0.25) is 0 Å². The minimum atomic E-state index is -0.132. The number of halogens is 3. The van der Waals surface area contributed by atoms with E-state index in [1.54, 1.807) is 6.07 Å². The Bertz CT molecular complexity index is 440. The average Bonchev–Trinajstić information content (AvgIpc) is 2.88. The summed E-state index contributed by atoms with van der Waals surface area (Å²) in [4.78, 5) is 0. The number of benzene rings is 1. The molecule has 2 fully saturated rings. The van der Waals surface area contributed by atoms with Gasteiger partial charge in [0.05, 0.1) is 0 Å². The van der Waals surface area contributed by atoms with Crippen molar-refractivity contribution >= 4 is 31.9 Å². The lowest BCUT2D eigenvalue weighted by Gasteiger charge is -2.36. The largest absolute Gasteiger partial charge is 0.207 e. The van der Waals surface area contributed by atoms with Crippen molar-refractivity contribution in [2.75, 3.05) is 5.33 Å². The van der Waals surface area contributed by atoms with E-state index < -0.39 is 0 Å². The normalized spacial score (nSPS) is 34.2. The first-order valence-electron chi connectivity index (χ1n) is 6.62. The second kappa shape index (κ2) is 4.90. The second-order valence-corrected chi connectivity index (χ2v) is 7.51. The van der Waals surface area contributed by atoms with E-state index in [2.05, 4.69) is 37.9 Å². The maximum absolute atomic E-state index is 13.5. The van der Waals surface area contributed by atoms with E-state index in [1.165, 1.54) is 31.7 Å². The molecule has 98 valence electrons. The quantitative estimate of drug-likeness (QED) is 0.626. The second-order valence-electron chi connectivity index (χ2n) is 6.03. The molecule has 0 amide bonds. The van der Waals surface area contributed by atoms with E-state index in [1.807, 2.05) is 0 Å². The zero-order valence-electron chi connectivity index (χ0n) is 10.3. The molecule has 3 heteroatoms. The summed E-state index contributed by atoms with van der Waals surface area (Å²) in [6, 6.07) is 5.30. The summed E-state index contributed by atoms with van der Waals surface area (Å²) in [5.41, 5.74) is 1.50. The smallest absolute Gasteiger partial charge is 0.124 e. The Hall–Kier alpha value is 0.110. The zero-order valence-corrected chi connectivity index (χ0v) is 13.4. The molecule has 0 saturated heterocycles. The molecule has 0 spiro atoms. The van der Waals surface area contributed by atoms with Crippen LogP contribution in [0.3, 0.4) is 0 Å². The summed E-state index contributed by atoms with van der Waals surface area (Å²) in [6.45, 7) is 0. The van der Waals surface area contributed by atoms with Gasteiger partial charge in [0.15, 0.2) is 0 Å². The summed E-state index contributed by atoms with van der Waals surface area (Å²) >= 11 is 7.12. The van der Waals surface area contributed by atoms with Gasteiger partial charge in [-0.3, -0.25) is 0 Å². The monoisotopic (exact) mass is 374 g/mol. The SMILES string of the molecule is Fc1cc(Br)cc(CC2(CBr)CC3CCC2C3)c1. The fraction of sp³-hybridized carbons (Fsp3) is 0.600. The van der Waals surface area contributed by atoms with Crippen molar-refractivity contribution < 1.29 is 4.39 Å². The molecule has 3 atom stereocenters. The molecule has 3 unspecified atom stereocenters. The Morgan fingerprint density at radius 1 is 1.28 bits per heavy atom. The van der Waals surface area contributed by atoms with Crippen molar-refractivity contribution in [1.29, 1.82) is 0 Å². The predicted octanol–water partition coefficient (Wildman–Crippen LogP) is 5.33.